The first-order valence-electron chi connectivity index (χ1n) is 9.76. The Hall–Kier alpha value is -2.42. The fourth-order valence-corrected chi connectivity index (χ4v) is 3.96. The molecule has 150 valence electrons. The van der Waals surface area contributed by atoms with Crippen LogP contribution in [0.1, 0.15) is 50.5 Å². The number of hydrogen-bond acceptors (Lipinski definition) is 2. The first-order chi connectivity index (χ1) is 13.6. The molecule has 0 radical (unpaired) electrons. The molecule has 0 saturated heterocycles. The molecule has 1 unspecified atom stereocenters. The summed E-state index contributed by atoms with van der Waals surface area (Å²) in [6.07, 6.45) is 1.19. The number of fused-ring (bicyclic) bond motifs is 1. The van der Waals surface area contributed by atoms with Gasteiger partial charge in [-0.3, -0.25) is 4.79 Å². The zero-order chi connectivity index (χ0) is 21.3. The van der Waals surface area contributed by atoms with E-state index in [4.69, 9.17) is 16.3 Å². The minimum atomic E-state index is -0.677. The molecule has 0 aromatic heterocycles. The summed E-state index contributed by atoms with van der Waals surface area (Å²) in [6, 6.07) is 16.0. The molecule has 0 spiro atoms. The van der Waals surface area contributed by atoms with E-state index in [-0.39, 0.29) is 5.78 Å². The summed E-state index contributed by atoms with van der Waals surface area (Å²) >= 11 is 6.14. The van der Waals surface area contributed by atoms with Crippen molar-refractivity contribution < 1.29 is 9.53 Å². The Morgan fingerprint density at radius 1 is 1.07 bits per heavy atom. The Morgan fingerprint density at radius 3 is 2.17 bits per heavy atom. The standard InChI is InChI=1S/C26H27ClO2/c1-7-20-16(2)23(25(17(3)28)29-26(4,5)6)24(18-12-14-19(27)15-13-18)22-11-9-8-10-21(20)22/h7-15,25H,1H2,2-6H3. The summed E-state index contributed by atoms with van der Waals surface area (Å²) in [4.78, 5) is 12.8. The molecule has 3 heteroatoms. The lowest BCUT2D eigenvalue weighted by Crippen LogP contribution is -2.27. The third kappa shape index (κ3) is 4.29. The molecule has 0 N–H and O–H groups in total. The molecule has 0 aliphatic heterocycles. The summed E-state index contributed by atoms with van der Waals surface area (Å²) in [6.45, 7) is 13.6. The lowest BCUT2D eigenvalue weighted by atomic mass is 9.83. The zero-order valence-corrected chi connectivity index (χ0v) is 18.4. The van der Waals surface area contributed by atoms with Crippen LogP contribution in [-0.4, -0.2) is 11.4 Å². The second-order valence-electron chi connectivity index (χ2n) is 8.30. The highest BCUT2D eigenvalue weighted by Gasteiger charge is 2.30. The number of ether oxygens (including phenoxy) is 1. The van der Waals surface area contributed by atoms with Crippen molar-refractivity contribution in [2.45, 2.75) is 46.3 Å². The van der Waals surface area contributed by atoms with Crippen molar-refractivity contribution in [1.29, 1.82) is 0 Å². The fourth-order valence-electron chi connectivity index (χ4n) is 3.83. The average Bonchev–Trinajstić information content (AvgIpc) is 2.65. The van der Waals surface area contributed by atoms with Crippen LogP contribution >= 0.6 is 11.6 Å². The monoisotopic (exact) mass is 406 g/mol. The summed E-state index contributed by atoms with van der Waals surface area (Å²) in [7, 11) is 0. The molecule has 0 heterocycles. The first-order valence-corrected chi connectivity index (χ1v) is 10.1. The van der Waals surface area contributed by atoms with E-state index in [1.54, 1.807) is 6.92 Å². The molecule has 0 amide bonds. The number of carbonyl (C=O) groups is 1. The number of Topliss-reactive ketones (excluding diaryl/α,β-unsaturated/α-hetero) is 1. The highest BCUT2D eigenvalue weighted by molar-refractivity contribution is 6.30. The van der Waals surface area contributed by atoms with Crippen molar-refractivity contribution in [2.24, 2.45) is 0 Å². The Bertz CT molecular complexity index is 1070. The molecule has 0 fully saturated rings. The van der Waals surface area contributed by atoms with Gasteiger partial charge in [-0.1, -0.05) is 60.7 Å². The quantitative estimate of drug-likeness (QED) is 0.437. The van der Waals surface area contributed by atoms with Gasteiger partial charge in [-0.25, -0.2) is 0 Å². The molecular formula is C26H27ClO2. The normalized spacial score (nSPS) is 12.8. The second kappa shape index (κ2) is 8.14. The predicted octanol–water partition coefficient (Wildman–Crippen LogP) is 7.56. The summed E-state index contributed by atoms with van der Waals surface area (Å²) < 4.78 is 6.29. The van der Waals surface area contributed by atoms with Crippen molar-refractivity contribution in [1.82, 2.24) is 0 Å². The Balaban J connectivity index is 2.48. The number of halogens is 1. The van der Waals surface area contributed by atoms with Gasteiger partial charge >= 0.3 is 0 Å². The molecular weight excluding hydrogens is 380 g/mol. The molecule has 0 aliphatic carbocycles. The number of rotatable bonds is 5. The lowest BCUT2D eigenvalue weighted by molar-refractivity contribution is -0.138. The van der Waals surface area contributed by atoms with E-state index >= 15 is 0 Å². The van der Waals surface area contributed by atoms with Crippen molar-refractivity contribution in [3.63, 3.8) is 0 Å². The van der Waals surface area contributed by atoms with Crippen molar-refractivity contribution in [3.8, 4) is 11.1 Å². The van der Waals surface area contributed by atoms with Crippen LogP contribution in [0.3, 0.4) is 0 Å². The third-order valence-electron chi connectivity index (χ3n) is 5.00. The SMILES string of the molecule is C=Cc1c(C)c(C(OC(C)(C)C)C(C)=O)c(-c2ccc(Cl)cc2)c2ccccc12. The van der Waals surface area contributed by atoms with Crippen LogP contribution in [0.2, 0.25) is 5.02 Å². The minimum Gasteiger partial charge on any atom is -0.360 e. The van der Waals surface area contributed by atoms with Crippen molar-refractivity contribution in [3.05, 3.63) is 76.8 Å². The van der Waals surface area contributed by atoms with E-state index in [1.165, 1.54) is 0 Å². The van der Waals surface area contributed by atoms with Gasteiger partial charge < -0.3 is 4.74 Å². The molecule has 0 saturated carbocycles. The fraction of sp³-hybridized carbons (Fsp3) is 0.269. The smallest absolute Gasteiger partial charge is 0.163 e. The van der Waals surface area contributed by atoms with Gasteiger partial charge in [0.05, 0.1) is 5.60 Å². The van der Waals surface area contributed by atoms with E-state index in [1.807, 2.05) is 70.2 Å². The number of carbonyl (C=O) groups excluding carboxylic acids is 1. The van der Waals surface area contributed by atoms with Gasteiger partial charge in [0.2, 0.25) is 0 Å². The van der Waals surface area contributed by atoms with Gasteiger partial charge in [0.1, 0.15) is 6.10 Å². The van der Waals surface area contributed by atoms with Crippen LogP contribution in [0.5, 0.6) is 0 Å². The van der Waals surface area contributed by atoms with Crippen molar-refractivity contribution >= 4 is 34.2 Å². The number of benzene rings is 3. The average molecular weight is 407 g/mol. The maximum absolute atomic E-state index is 12.8. The first kappa shape index (κ1) is 21.3. The largest absolute Gasteiger partial charge is 0.360 e. The molecule has 0 aliphatic rings. The highest BCUT2D eigenvalue weighted by Crippen LogP contribution is 2.43. The Kier molecular flexibility index (Phi) is 5.97. The molecule has 3 rings (SSSR count). The predicted molar refractivity (Wildman–Crippen MR) is 123 cm³/mol. The van der Waals surface area contributed by atoms with Gasteiger partial charge in [0.25, 0.3) is 0 Å². The molecule has 1 atom stereocenters. The van der Waals surface area contributed by atoms with Crippen LogP contribution in [0.4, 0.5) is 0 Å². The van der Waals surface area contributed by atoms with Gasteiger partial charge in [-0.15, -0.1) is 0 Å². The van der Waals surface area contributed by atoms with Crippen molar-refractivity contribution in [2.75, 3.05) is 0 Å². The molecule has 0 bridgehead atoms. The number of hydrogen-bond donors (Lipinski definition) is 0. The summed E-state index contributed by atoms with van der Waals surface area (Å²) in [5, 5.41) is 2.84. The van der Waals surface area contributed by atoms with Crippen LogP contribution in [-0.2, 0) is 9.53 Å². The zero-order valence-electron chi connectivity index (χ0n) is 17.7. The number of ketones is 1. The molecule has 3 aromatic rings. The lowest BCUT2D eigenvalue weighted by Gasteiger charge is -2.30. The molecule has 3 aromatic carbocycles. The minimum absolute atomic E-state index is 0.0245. The van der Waals surface area contributed by atoms with Gasteiger partial charge in [0, 0.05) is 10.6 Å². The Morgan fingerprint density at radius 2 is 1.66 bits per heavy atom. The van der Waals surface area contributed by atoms with E-state index in [0.29, 0.717) is 5.02 Å². The van der Waals surface area contributed by atoms with Gasteiger partial charge in [-0.05, 0) is 79.8 Å². The van der Waals surface area contributed by atoms with E-state index in [9.17, 15) is 4.79 Å². The van der Waals surface area contributed by atoms with Gasteiger partial charge in [-0.2, -0.15) is 0 Å². The summed E-state index contributed by atoms with van der Waals surface area (Å²) in [5.41, 5.74) is 4.46. The van der Waals surface area contributed by atoms with Crippen LogP contribution in [0.15, 0.2) is 55.1 Å². The van der Waals surface area contributed by atoms with E-state index in [2.05, 4.69) is 18.7 Å². The summed E-state index contributed by atoms with van der Waals surface area (Å²) in [5.74, 6) is -0.0245. The van der Waals surface area contributed by atoms with E-state index in [0.717, 1.165) is 38.6 Å². The van der Waals surface area contributed by atoms with Gasteiger partial charge in [0.15, 0.2) is 5.78 Å². The highest BCUT2D eigenvalue weighted by atomic mass is 35.5. The van der Waals surface area contributed by atoms with Crippen LogP contribution in [0.25, 0.3) is 28.0 Å². The molecule has 2 nitrogen and oxygen atoms in total. The van der Waals surface area contributed by atoms with Crippen LogP contribution < -0.4 is 0 Å². The topological polar surface area (TPSA) is 26.3 Å². The maximum atomic E-state index is 12.8. The Labute approximate surface area is 178 Å². The molecule has 29 heavy (non-hydrogen) atoms. The maximum Gasteiger partial charge on any atom is 0.163 e. The second-order valence-corrected chi connectivity index (χ2v) is 8.74. The van der Waals surface area contributed by atoms with E-state index < -0.39 is 11.7 Å². The third-order valence-corrected chi connectivity index (χ3v) is 5.26. The van der Waals surface area contributed by atoms with Crippen LogP contribution in [0, 0.1) is 6.92 Å².